The fourth-order valence-corrected chi connectivity index (χ4v) is 3.08. The van der Waals surface area contributed by atoms with Gasteiger partial charge in [0.15, 0.2) is 0 Å². The third-order valence-electron chi connectivity index (χ3n) is 5.09. The number of allylic oxidation sites excluding steroid dienone is 4. The lowest BCUT2D eigenvalue weighted by Gasteiger charge is -2.20. The second-order valence-electron chi connectivity index (χ2n) is 7.63. The van der Waals surface area contributed by atoms with Crippen LogP contribution >= 0.6 is 0 Å². The van der Waals surface area contributed by atoms with Crippen LogP contribution in [-0.2, 0) is 4.74 Å². The minimum absolute atomic E-state index is 0.299. The summed E-state index contributed by atoms with van der Waals surface area (Å²) in [6.07, 6.45) is 3.97. The van der Waals surface area contributed by atoms with Gasteiger partial charge in [-0.2, -0.15) is 0 Å². The Labute approximate surface area is 172 Å². The van der Waals surface area contributed by atoms with Crippen LogP contribution < -0.4 is 10.2 Å². The zero-order valence-corrected chi connectivity index (χ0v) is 19.1. The van der Waals surface area contributed by atoms with Crippen LogP contribution in [0.5, 0.6) is 5.75 Å². The maximum absolute atomic E-state index is 9.33. The summed E-state index contributed by atoms with van der Waals surface area (Å²) in [4.78, 5) is 0. The van der Waals surface area contributed by atoms with E-state index in [2.05, 4.69) is 47.6 Å². The highest BCUT2D eigenvalue weighted by Crippen LogP contribution is 2.30. The van der Waals surface area contributed by atoms with Crippen LogP contribution in [-0.4, -0.2) is 19.6 Å². The lowest BCUT2D eigenvalue weighted by molar-refractivity contribution is 0.288. The number of methoxy groups -OCH3 is 1. The molecule has 3 nitrogen and oxygen atoms in total. The summed E-state index contributed by atoms with van der Waals surface area (Å²) in [7, 11) is 2.86. The lowest BCUT2D eigenvalue weighted by Crippen LogP contribution is -2.15. The fraction of sp³-hybridized carbons (Fsp3) is 0.500. The zero-order valence-electron chi connectivity index (χ0n) is 19.1. The molecule has 0 aliphatic carbocycles. The molecule has 0 aromatic heterocycles. The Morgan fingerprint density at radius 3 is 2.00 bits per heavy atom. The molecular weight excluding hydrogens is 347 g/mol. The van der Waals surface area contributed by atoms with Gasteiger partial charge in [-0.25, -0.2) is 0 Å². The lowest BCUT2D eigenvalue weighted by atomic mass is 9.86. The molecule has 1 radical (unpaired) electrons. The van der Waals surface area contributed by atoms with Crippen molar-refractivity contribution in [3.8, 4) is 5.75 Å². The molecule has 0 atom stereocenters. The molecule has 0 unspecified atom stereocenters. The van der Waals surface area contributed by atoms with E-state index in [0.717, 1.165) is 59.8 Å². The van der Waals surface area contributed by atoms with Gasteiger partial charge in [0, 0.05) is 5.57 Å². The number of aryl methyl sites for hydroxylation is 2. The summed E-state index contributed by atoms with van der Waals surface area (Å²) < 4.78 is 12.2. The van der Waals surface area contributed by atoms with Crippen LogP contribution in [0.2, 0.25) is 0 Å². The first-order valence-corrected chi connectivity index (χ1v) is 10.1. The highest BCUT2D eigenvalue weighted by Gasteiger charge is 2.17. The van der Waals surface area contributed by atoms with Gasteiger partial charge in [0.2, 0.25) is 0 Å². The fourth-order valence-electron chi connectivity index (χ4n) is 3.08. The van der Waals surface area contributed by atoms with Crippen molar-refractivity contribution >= 4 is 12.9 Å². The smallest absolute Gasteiger partial charge is 0.326 e. The first-order chi connectivity index (χ1) is 13.2. The van der Waals surface area contributed by atoms with Gasteiger partial charge >= 0.3 is 7.48 Å². The largest absolute Gasteiger partial charge is 0.497 e. The van der Waals surface area contributed by atoms with Gasteiger partial charge in [-0.15, -0.1) is 0 Å². The maximum atomic E-state index is 9.33. The molecule has 0 heterocycles. The summed E-state index contributed by atoms with van der Waals surface area (Å²) in [6, 6.07) is 3.85. The van der Waals surface area contributed by atoms with Crippen molar-refractivity contribution in [2.75, 3.05) is 7.11 Å². The molecule has 0 aliphatic heterocycles. The second-order valence-corrected chi connectivity index (χ2v) is 7.63. The Hall–Kier alpha value is -1.94. The van der Waals surface area contributed by atoms with Gasteiger partial charge in [0.05, 0.1) is 7.11 Å². The Balaban J connectivity index is 3.54. The molecule has 153 valence electrons. The van der Waals surface area contributed by atoms with E-state index in [1.165, 1.54) is 11.1 Å². The second kappa shape index (κ2) is 11.2. The molecule has 0 saturated heterocycles. The van der Waals surface area contributed by atoms with Gasteiger partial charge in [-0.05, 0) is 74.8 Å². The quantitative estimate of drug-likeness (QED) is 0.347. The van der Waals surface area contributed by atoms with Crippen molar-refractivity contribution in [3.05, 3.63) is 57.6 Å². The highest BCUT2D eigenvalue weighted by atomic mass is 16.5. The van der Waals surface area contributed by atoms with Crippen LogP contribution in [0, 0.1) is 19.8 Å². The first-order valence-electron chi connectivity index (χ1n) is 10.1. The Kier molecular flexibility index (Phi) is 9.61. The standard InChI is InChI=1S/C24H36BO3/c1-10-16(5)22(14-21(15(3)4)24(27-9)17(6)11-2)28-23-18(7)12-20(25-26)13-19(23)8/h12-15,26H,10-11H2,1-9H3/b21-14-,22-16-,24-17+. The number of rotatable bonds is 9. The van der Waals surface area contributed by atoms with Crippen LogP contribution in [0.4, 0.5) is 0 Å². The molecule has 28 heavy (non-hydrogen) atoms. The van der Waals surface area contributed by atoms with Crippen LogP contribution in [0.15, 0.2) is 46.4 Å². The summed E-state index contributed by atoms with van der Waals surface area (Å²) in [5.74, 6) is 2.94. The first kappa shape index (κ1) is 24.1. The van der Waals surface area contributed by atoms with E-state index in [9.17, 15) is 5.02 Å². The maximum Gasteiger partial charge on any atom is 0.326 e. The summed E-state index contributed by atoms with van der Waals surface area (Å²) in [5.41, 5.74) is 6.31. The topological polar surface area (TPSA) is 38.7 Å². The van der Waals surface area contributed by atoms with E-state index in [1.807, 2.05) is 26.0 Å². The Morgan fingerprint density at radius 1 is 1.07 bits per heavy atom. The molecule has 0 fully saturated rings. The molecule has 0 amide bonds. The molecule has 0 spiro atoms. The molecule has 0 bridgehead atoms. The normalized spacial score (nSPS) is 13.9. The van der Waals surface area contributed by atoms with E-state index in [1.54, 1.807) is 7.11 Å². The van der Waals surface area contributed by atoms with Crippen molar-refractivity contribution in [1.82, 2.24) is 0 Å². The van der Waals surface area contributed by atoms with Crippen molar-refractivity contribution in [2.45, 2.75) is 68.2 Å². The van der Waals surface area contributed by atoms with Gasteiger partial charge in [0.25, 0.3) is 0 Å². The summed E-state index contributed by atoms with van der Waals surface area (Å²) in [5, 5.41) is 9.33. The van der Waals surface area contributed by atoms with Gasteiger partial charge < -0.3 is 14.5 Å². The van der Waals surface area contributed by atoms with Crippen molar-refractivity contribution in [1.29, 1.82) is 0 Å². The summed E-state index contributed by atoms with van der Waals surface area (Å²) >= 11 is 0. The average Bonchev–Trinajstić information content (AvgIpc) is 2.67. The number of ether oxygens (including phenoxy) is 2. The molecule has 1 aromatic rings. The van der Waals surface area contributed by atoms with E-state index in [0.29, 0.717) is 5.92 Å². The number of benzene rings is 1. The molecular formula is C24H36BO3. The Bertz CT molecular complexity index is 747. The molecule has 0 aliphatic rings. The van der Waals surface area contributed by atoms with Crippen LogP contribution in [0.25, 0.3) is 0 Å². The van der Waals surface area contributed by atoms with E-state index >= 15 is 0 Å². The predicted molar refractivity (Wildman–Crippen MR) is 120 cm³/mol. The molecule has 0 saturated carbocycles. The van der Waals surface area contributed by atoms with Crippen molar-refractivity contribution in [3.63, 3.8) is 0 Å². The molecule has 1 aromatic carbocycles. The third-order valence-corrected chi connectivity index (χ3v) is 5.09. The minimum atomic E-state index is 0.299. The monoisotopic (exact) mass is 383 g/mol. The van der Waals surface area contributed by atoms with Crippen LogP contribution in [0.1, 0.15) is 65.5 Å². The van der Waals surface area contributed by atoms with E-state index in [4.69, 9.17) is 9.47 Å². The molecule has 1 N–H and O–H groups in total. The van der Waals surface area contributed by atoms with Crippen molar-refractivity contribution < 1.29 is 14.5 Å². The predicted octanol–water partition coefficient (Wildman–Crippen LogP) is 5.52. The average molecular weight is 383 g/mol. The van der Waals surface area contributed by atoms with E-state index < -0.39 is 0 Å². The van der Waals surface area contributed by atoms with Crippen molar-refractivity contribution in [2.24, 2.45) is 5.92 Å². The van der Waals surface area contributed by atoms with Gasteiger partial charge in [-0.3, -0.25) is 0 Å². The molecule has 1 rings (SSSR count). The number of hydrogen-bond donors (Lipinski definition) is 1. The van der Waals surface area contributed by atoms with Gasteiger partial charge in [-0.1, -0.05) is 45.3 Å². The third kappa shape index (κ3) is 6.03. The SMILES string of the molecule is CC/C(C)=C(/C=C(\C(OC)=C(\C)CC)C(C)C)Oc1c(C)cc([B]O)cc1C. The van der Waals surface area contributed by atoms with E-state index in [-0.39, 0.29) is 0 Å². The number of hydrogen-bond acceptors (Lipinski definition) is 3. The minimum Gasteiger partial charge on any atom is -0.497 e. The Morgan fingerprint density at radius 2 is 1.61 bits per heavy atom. The summed E-state index contributed by atoms with van der Waals surface area (Å²) in [6.45, 7) is 16.9. The molecule has 4 heteroatoms. The van der Waals surface area contributed by atoms with Gasteiger partial charge in [0.1, 0.15) is 17.3 Å². The zero-order chi connectivity index (χ0) is 21.4. The van der Waals surface area contributed by atoms with Crippen LogP contribution in [0.3, 0.4) is 0 Å². The highest BCUT2D eigenvalue weighted by molar-refractivity contribution is 6.45.